The Morgan fingerprint density at radius 1 is 1.58 bits per heavy atom. The van der Waals surface area contributed by atoms with Crippen LogP contribution in [-0.2, 0) is 4.74 Å². The smallest absolute Gasteiger partial charge is 0.407 e. The van der Waals surface area contributed by atoms with Gasteiger partial charge in [0.1, 0.15) is 6.10 Å². The lowest BCUT2D eigenvalue weighted by Crippen LogP contribution is -2.15. The lowest BCUT2D eigenvalue weighted by molar-refractivity contribution is -0.384. The van der Waals surface area contributed by atoms with Crippen molar-refractivity contribution in [3.05, 3.63) is 39.9 Å². The Bertz CT molecular complexity index is 489. The summed E-state index contributed by atoms with van der Waals surface area (Å²) in [6, 6.07) is 6.67. The van der Waals surface area contributed by atoms with E-state index in [0.29, 0.717) is 6.54 Å². The predicted octanol–water partition coefficient (Wildman–Crippen LogP) is 2.59. The number of hydrogen-bond donors (Lipinski definition) is 1. The van der Waals surface area contributed by atoms with Crippen molar-refractivity contribution in [2.75, 3.05) is 6.54 Å². The molecule has 0 spiro atoms. The van der Waals surface area contributed by atoms with Gasteiger partial charge in [0.15, 0.2) is 0 Å². The minimum Gasteiger partial charge on any atom is -0.444 e. The van der Waals surface area contributed by atoms with Gasteiger partial charge in [-0.25, -0.2) is 4.79 Å². The van der Waals surface area contributed by atoms with Crippen molar-refractivity contribution in [2.24, 2.45) is 0 Å². The van der Waals surface area contributed by atoms with Gasteiger partial charge in [0.2, 0.25) is 0 Å². The first-order valence-corrected chi connectivity index (χ1v) is 6.25. The highest BCUT2D eigenvalue weighted by molar-refractivity contribution is 5.69. The summed E-state index contributed by atoms with van der Waals surface area (Å²) in [5, 5.41) is 13.3. The summed E-state index contributed by atoms with van der Waals surface area (Å²) >= 11 is 0. The molecule has 1 fully saturated rings. The molecule has 0 saturated carbocycles. The zero-order valence-electron chi connectivity index (χ0n) is 10.7. The van der Waals surface area contributed by atoms with Crippen molar-refractivity contribution in [1.82, 2.24) is 5.32 Å². The molecule has 2 rings (SSSR count). The Morgan fingerprint density at radius 3 is 3.00 bits per heavy atom. The average Bonchev–Trinajstić information content (AvgIpc) is 2.82. The molecule has 1 aromatic rings. The van der Waals surface area contributed by atoms with Crippen LogP contribution in [0.1, 0.15) is 31.2 Å². The van der Waals surface area contributed by atoms with E-state index in [4.69, 9.17) is 4.74 Å². The third-order valence-electron chi connectivity index (χ3n) is 3.32. The van der Waals surface area contributed by atoms with Crippen LogP contribution in [0.4, 0.5) is 10.5 Å². The Labute approximate surface area is 110 Å². The molecule has 1 aliphatic rings. The molecule has 0 aliphatic carbocycles. The summed E-state index contributed by atoms with van der Waals surface area (Å²) in [6.07, 6.45) is 1.12. The maximum atomic E-state index is 10.9. The van der Waals surface area contributed by atoms with Gasteiger partial charge in [-0.05, 0) is 24.3 Å². The Morgan fingerprint density at radius 2 is 2.37 bits per heavy atom. The van der Waals surface area contributed by atoms with E-state index in [-0.39, 0.29) is 28.7 Å². The fourth-order valence-corrected chi connectivity index (χ4v) is 2.14. The molecule has 6 nitrogen and oxygen atoms in total. The number of nitro benzene ring substituents is 1. The van der Waals surface area contributed by atoms with E-state index in [1.807, 2.05) is 13.0 Å². The standard InChI is InChI=1S/C13H16N2O4/c1-9(5-6-12-8-14-13(16)19-12)10-3-2-4-11(7-10)15(17)18/h2-4,7,9,12H,5-6,8H2,1H3,(H,14,16)/t9-,12+/m1/s1. The van der Waals surface area contributed by atoms with E-state index in [1.165, 1.54) is 6.07 Å². The first-order chi connectivity index (χ1) is 9.06. The molecule has 1 aromatic carbocycles. The number of nitrogens with one attached hydrogen (secondary N) is 1. The lowest BCUT2D eigenvalue weighted by Gasteiger charge is -2.13. The van der Waals surface area contributed by atoms with Crippen molar-refractivity contribution in [2.45, 2.75) is 31.8 Å². The second-order valence-electron chi connectivity index (χ2n) is 4.74. The number of carbonyl (C=O) groups is 1. The van der Waals surface area contributed by atoms with E-state index in [9.17, 15) is 14.9 Å². The van der Waals surface area contributed by atoms with Gasteiger partial charge in [0, 0.05) is 12.1 Å². The van der Waals surface area contributed by atoms with E-state index >= 15 is 0 Å². The summed E-state index contributed by atoms with van der Waals surface area (Å²) in [5.74, 6) is 0.194. The molecule has 102 valence electrons. The molecule has 1 amide bonds. The number of benzene rings is 1. The second-order valence-corrected chi connectivity index (χ2v) is 4.74. The van der Waals surface area contributed by atoms with Crippen LogP contribution in [0.2, 0.25) is 0 Å². The van der Waals surface area contributed by atoms with Gasteiger partial charge in [0.05, 0.1) is 11.5 Å². The van der Waals surface area contributed by atoms with Crippen molar-refractivity contribution in [3.63, 3.8) is 0 Å². The number of carbonyl (C=O) groups excluding carboxylic acids is 1. The van der Waals surface area contributed by atoms with Gasteiger partial charge in [0.25, 0.3) is 5.69 Å². The van der Waals surface area contributed by atoms with Crippen molar-refractivity contribution in [3.8, 4) is 0 Å². The zero-order valence-corrected chi connectivity index (χ0v) is 10.7. The summed E-state index contributed by atoms with van der Waals surface area (Å²) in [7, 11) is 0. The van der Waals surface area contributed by atoms with E-state index < -0.39 is 0 Å². The summed E-state index contributed by atoms with van der Waals surface area (Å²) < 4.78 is 5.05. The second kappa shape index (κ2) is 5.69. The summed E-state index contributed by atoms with van der Waals surface area (Å²) in [4.78, 5) is 21.2. The number of nitro groups is 1. The number of nitrogens with zero attached hydrogens (tertiary/aromatic N) is 1. The highest BCUT2D eigenvalue weighted by atomic mass is 16.6. The molecule has 0 bridgehead atoms. The highest BCUT2D eigenvalue weighted by Crippen LogP contribution is 2.25. The molecule has 1 heterocycles. The van der Waals surface area contributed by atoms with Crippen LogP contribution >= 0.6 is 0 Å². The third-order valence-corrected chi connectivity index (χ3v) is 3.32. The SMILES string of the molecule is C[C@H](CC[C@H]1CNC(=O)O1)c1cccc([N+](=O)[O-])c1. The molecule has 0 aromatic heterocycles. The van der Waals surface area contributed by atoms with Crippen LogP contribution in [0.25, 0.3) is 0 Å². The summed E-state index contributed by atoms with van der Waals surface area (Å²) in [5.41, 5.74) is 1.05. The Balaban J connectivity index is 1.92. The third kappa shape index (κ3) is 3.43. The van der Waals surface area contributed by atoms with Crippen molar-refractivity contribution >= 4 is 11.8 Å². The molecular weight excluding hydrogens is 248 g/mol. The van der Waals surface area contributed by atoms with Gasteiger partial charge in [-0.3, -0.25) is 10.1 Å². The first kappa shape index (κ1) is 13.3. The quantitative estimate of drug-likeness (QED) is 0.654. The van der Waals surface area contributed by atoms with Gasteiger partial charge >= 0.3 is 6.09 Å². The fraction of sp³-hybridized carbons (Fsp3) is 0.462. The number of ether oxygens (including phenoxy) is 1. The minimum absolute atomic E-state index is 0.0892. The van der Waals surface area contributed by atoms with Gasteiger partial charge < -0.3 is 10.1 Å². The molecule has 6 heteroatoms. The highest BCUT2D eigenvalue weighted by Gasteiger charge is 2.23. The number of non-ortho nitro benzene ring substituents is 1. The van der Waals surface area contributed by atoms with E-state index in [1.54, 1.807) is 12.1 Å². The number of cyclic esters (lactones) is 1. The normalized spacial score (nSPS) is 19.6. The maximum Gasteiger partial charge on any atom is 0.407 e. The minimum atomic E-state index is -0.390. The molecular formula is C13H16N2O4. The van der Waals surface area contributed by atoms with Crippen LogP contribution < -0.4 is 5.32 Å². The Hall–Kier alpha value is -2.11. The zero-order chi connectivity index (χ0) is 13.8. The first-order valence-electron chi connectivity index (χ1n) is 6.25. The molecule has 19 heavy (non-hydrogen) atoms. The molecule has 1 N–H and O–H groups in total. The van der Waals surface area contributed by atoms with Crippen molar-refractivity contribution < 1.29 is 14.5 Å². The lowest BCUT2D eigenvalue weighted by atomic mass is 9.94. The molecule has 0 unspecified atom stereocenters. The van der Waals surface area contributed by atoms with Gasteiger partial charge in [-0.15, -0.1) is 0 Å². The van der Waals surface area contributed by atoms with Crippen LogP contribution in [0.5, 0.6) is 0 Å². The fourth-order valence-electron chi connectivity index (χ4n) is 2.14. The summed E-state index contributed by atoms with van der Waals surface area (Å²) in [6.45, 7) is 2.56. The molecule has 1 saturated heterocycles. The van der Waals surface area contributed by atoms with Crippen LogP contribution in [0, 0.1) is 10.1 Å². The van der Waals surface area contributed by atoms with Crippen molar-refractivity contribution in [1.29, 1.82) is 0 Å². The Kier molecular flexibility index (Phi) is 3.99. The molecule has 1 aliphatic heterocycles. The largest absolute Gasteiger partial charge is 0.444 e. The predicted molar refractivity (Wildman–Crippen MR) is 69.0 cm³/mol. The van der Waals surface area contributed by atoms with E-state index in [2.05, 4.69) is 5.32 Å². The monoisotopic (exact) mass is 264 g/mol. The number of amides is 1. The van der Waals surface area contributed by atoms with Crippen LogP contribution in [-0.4, -0.2) is 23.7 Å². The molecule has 0 radical (unpaired) electrons. The van der Waals surface area contributed by atoms with Gasteiger partial charge in [-0.1, -0.05) is 19.1 Å². The van der Waals surface area contributed by atoms with Crippen LogP contribution in [0.15, 0.2) is 24.3 Å². The van der Waals surface area contributed by atoms with Crippen LogP contribution in [0.3, 0.4) is 0 Å². The van der Waals surface area contributed by atoms with Gasteiger partial charge in [-0.2, -0.15) is 0 Å². The molecule has 2 atom stereocenters. The number of hydrogen-bond acceptors (Lipinski definition) is 4. The average molecular weight is 264 g/mol. The number of alkyl carbamates (subject to hydrolysis) is 1. The van der Waals surface area contributed by atoms with E-state index in [0.717, 1.165) is 18.4 Å². The number of rotatable bonds is 5. The topological polar surface area (TPSA) is 81.5 Å². The maximum absolute atomic E-state index is 10.9.